The van der Waals surface area contributed by atoms with Gasteiger partial charge in [-0.25, -0.2) is 4.39 Å². The number of likely N-dealkylation sites (tertiary alicyclic amines) is 1. The number of nitrogens with zero attached hydrogens (tertiary/aromatic N) is 3. The largest absolute Gasteiger partial charge is 0.342 e. The van der Waals surface area contributed by atoms with Crippen molar-refractivity contribution in [2.75, 3.05) is 26.2 Å². The molecule has 1 aliphatic heterocycles. The Balaban J connectivity index is 1.85. The highest BCUT2D eigenvalue weighted by molar-refractivity contribution is 5.73. The molecule has 31 heavy (non-hydrogen) atoms. The molecule has 0 radical (unpaired) electrons. The normalized spacial score (nSPS) is 19.0. The van der Waals surface area contributed by atoms with Gasteiger partial charge >= 0.3 is 0 Å². The Morgan fingerprint density at radius 1 is 1.23 bits per heavy atom. The van der Waals surface area contributed by atoms with Crippen molar-refractivity contribution < 1.29 is 14.1 Å². The van der Waals surface area contributed by atoms with Gasteiger partial charge in [0.25, 0.3) is 5.69 Å². The number of nitro benzene ring substituents is 1. The van der Waals surface area contributed by atoms with E-state index in [1.54, 1.807) is 37.3 Å². The van der Waals surface area contributed by atoms with Gasteiger partial charge in [-0.15, -0.1) is 0 Å². The lowest BCUT2D eigenvalue weighted by atomic mass is 9.88. The highest BCUT2D eigenvalue weighted by Crippen LogP contribution is 2.35. The minimum atomic E-state index is -0.354. The lowest BCUT2D eigenvalue weighted by molar-refractivity contribution is -0.385. The van der Waals surface area contributed by atoms with Crippen LogP contribution in [0.1, 0.15) is 37.8 Å². The van der Waals surface area contributed by atoms with Gasteiger partial charge in [-0.3, -0.25) is 19.8 Å². The van der Waals surface area contributed by atoms with Gasteiger partial charge in [0, 0.05) is 57.2 Å². The summed E-state index contributed by atoms with van der Waals surface area (Å²) in [4.78, 5) is 27.3. The van der Waals surface area contributed by atoms with Crippen LogP contribution in [0.3, 0.4) is 0 Å². The number of carbonyl (C=O) groups is 1. The summed E-state index contributed by atoms with van der Waals surface area (Å²) in [5.74, 6) is 0.267. The molecule has 7 heteroatoms. The first-order chi connectivity index (χ1) is 14.7. The number of rotatable bonds is 8. The molecule has 6 nitrogen and oxygen atoms in total. The molecule has 0 aromatic heterocycles. The number of para-hydroxylation sites is 1. The zero-order valence-electron chi connectivity index (χ0n) is 18.3. The summed E-state index contributed by atoms with van der Waals surface area (Å²) in [6.07, 6.45) is 0. The van der Waals surface area contributed by atoms with Crippen molar-refractivity contribution in [3.05, 3.63) is 75.6 Å². The molecule has 2 aromatic carbocycles. The molecule has 1 aliphatic rings. The van der Waals surface area contributed by atoms with Crippen LogP contribution in [-0.4, -0.2) is 46.8 Å². The molecule has 3 rings (SSSR count). The van der Waals surface area contributed by atoms with Crippen LogP contribution in [0.4, 0.5) is 10.1 Å². The SMILES string of the molecule is CC(=O)N(CC(C)C)C[C@H]1CN(Cc2ccccc2[N+](=O)[O-])C[C@H]1c1cccc(F)c1. The van der Waals surface area contributed by atoms with Gasteiger partial charge in [0.15, 0.2) is 0 Å². The number of nitro groups is 1. The Morgan fingerprint density at radius 3 is 2.61 bits per heavy atom. The molecular formula is C24H30FN3O3. The monoisotopic (exact) mass is 427 g/mol. The first-order valence-electron chi connectivity index (χ1n) is 10.7. The van der Waals surface area contributed by atoms with Crippen LogP contribution in [0.5, 0.6) is 0 Å². The van der Waals surface area contributed by atoms with Crippen LogP contribution in [0.15, 0.2) is 48.5 Å². The molecule has 0 spiro atoms. The summed E-state index contributed by atoms with van der Waals surface area (Å²) in [6, 6.07) is 13.4. The molecule has 2 aromatic rings. The van der Waals surface area contributed by atoms with E-state index in [4.69, 9.17) is 0 Å². The average molecular weight is 428 g/mol. The van der Waals surface area contributed by atoms with Crippen molar-refractivity contribution in [3.8, 4) is 0 Å². The van der Waals surface area contributed by atoms with Crippen molar-refractivity contribution in [2.45, 2.75) is 33.2 Å². The average Bonchev–Trinajstić information content (AvgIpc) is 3.09. The fraction of sp³-hybridized carbons (Fsp3) is 0.458. The quantitative estimate of drug-likeness (QED) is 0.461. The molecule has 0 unspecified atom stereocenters. The van der Waals surface area contributed by atoms with Crippen molar-refractivity contribution in [1.82, 2.24) is 9.80 Å². The molecule has 166 valence electrons. The third-order valence-electron chi connectivity index (χ3n) is 5.86. The van der Waals surface area contributed by atoms with E-state index in [9.17, 15) is 19.3 Å². The van der Waals surface area contributed by atoms with E-state index in [1.165, 1.54) is 12.1 Å². The second-order valence-electron chi connectivity index (χ2n) is 8.82. The maximum atomic E-state index is 13.9. The van der Waals surface area contributed by atoms with E-state index in [0.717, 1.165) is 5.56 Å². The lowest BCUT2D eigenvalue weighted by Gasteiger charge is -2.29. The van der Waals surface area contributed by atoms with E-state index in [0.29, 0.717) is 44.2 Å². The second-order valence-corrected chi connectivity index (χ2v) is 8.82. The first-order valence-corrected chi connectivity index (χ1v) is 10.7. The minimum absolute atomic E-state index is 0.0313. The topological polar surface area (TPSA) is 66.7 Å². The molecule has 0 saturated carbocycles. The maximum Gasteiger partial charge on any atom is 0.273 e. The third-order valence-corrected chi connectivity index (χ3v) is 5.86. The van der Waals surface area contributed by atoms with Crippen molar-refractivity contribution >= 4 is 11.6 Å². The molecule has 0 aliphatic carbocycles. The van der Waals surface area contributed by atoms with Gasteiger partial charge in [-0.2, -0.15) is 0 Å². The molecule has 0 bridgehead atoms. The zero-order chi connectivity index (χ0) is 22.5. The van der Waals surface area contributed by atoms with E-state index in [2.05, 4.69) is 18.7 Å². The minimum Gasteiger partial charge on any atom is -0.342 e. The van der Waals surface area contributed by atoms with E-state index in [1.807, 2.05) is 11.0 Å². The van der Waals surface area contributed by atoms with Crippen molar-refractivity contribution in [1.29, 1.82) is 0 Å². The summed E-state index contributed by atoms with van der Waals surface area (Å²) >= 11 is 0. The smallest absolute Gasteiger partial charge is 0.273 e. The number of halogens is 1. The molecule has 1 fully saturated rings. The molecule has 0 N–H and O–H groups in total. The van der Waals surface area contributed by atoms with Gasteiger partial charge in [-0.05, 0) is 29.5 Å². The zero-order valence-corrected chi connectivity index (χ0v) is 18.3. The summed E-state index contributed by atoms with van der Waals surface area (Å²) in [7, 11) is 0. The van der Waals surface area contributed by atoms with Crippen LogP contribution < -0.4 is 0 Å². The Labute approximate surface area is 182 Å². The van der Waals surface area contributed by atoms with Gasteiger partial charge in [-0.1, -0.05) is 44.2 Å². The van der Waals surface area contributed by atoms with Crippen LogP contribution in [0, 0.1) is 27.8 Å². The highest BCUT2D eigenvalue weighted by Gasteiger charge is 2.36. The molecule has 1 saturated heterocycles. The first kappa shape index (κ1) is 22.9. The second kappa shape index (κ2) is 10.0. The Kier molecular flexibility index (Phi) is 7.38. The summed E-state index contributed by atoms with van der Waals surface area (Å²) in [6.45, 7) is 8.80. The predicted molar refractivity (Wildman–Crippen MR) is 118 cm³/mol. The van der Waals surface area contributed by atoms with Crippen molar-refractivity contribution in [2.24, 2.45) is 11.8 Å². The number of hydrogen-bond donors (Lipinski definition) is 0. The summed E-state index contributed by atoms with van der Waals surface area (Å²) in [5.41, 5.74) is 1.68. The van der Waals surface area contributed by atoms with Crippen LogP contribution >= 0.6 is 0 Å². The van der Waals surface area contributed by atoms with Gasteiger partial charge in [0.2, 0.25) is 5.91 Å². The Hall–Kier alpha value is -2.80. The number of benzene rings is 2. The van der Waals surface area contributed by atoms with Gasteiger partial charge in [0.05, 0.1) is 4.92 Å². The standard InChI is InChI=1S/C24H30FN3O3/c1-17(2)12-27(18(3)29)15-21-14-26(13-20-7-4-5-10-24(20)28(30)31)16-23(21)19-8-6-9-22(25)11-19/h4-11,17,21,23H,12-16H2,1-3H3/t21-,23+/m1/s1. The number of amides is 1. The fourth-order valence-corrected chi connectivity index (χ4v) is 4.51. The summed E-state index contributed by atoms with van der Waals surface area (Å²) in [5, 5.41) is 11.4. The number of hydrogen-bond acceptors (Lipinski definition) is 4. The van der Waals surface area contributed by atoms with Crippen LogP contribution in [0.2, 0.25) is 0 Å². The van der Waals surface area contributed by atoms with E-state index >= 15 is 0 Å². The fourth-order valence-electron chi connectivity index (χ4n) is 4.51. The summed E-state index contributed by atoms with van der Waals surface area (Å²) < 4.78 is 13.9. The highest BCUT2D eigenvalue weighted by atomic mass is 19.1. The van der Waals surface area contributed by atoms with E-state index < -0.39 is 0 Å². The third kappa shape index (κ3) is 5.88. The molecule has 2 atom stereocenters. The molecule has 1 heterocycles. The van der Waals surface area contributed by atoms with Gasteiger partial charge in [0.1, 0.15) is 5.82 Å². The van der Waals surface area contributed by atoms with Gasteiger partial charge < -0.3 is 4.90 Å². The maximum absolute atomic E-state index is 13.9. The Bertz CT molecular complexity index is 934. The van der Waals surface area contributed by atoms with Crippen LogP contribution in [0.25, 0.3) is 0 Å². The Morgan fingerprint density at radius 2 is 1.97 bits per heavy atom. The lowest BCUT2D eigenvalue weighted by Crippen LogP contribution is -2.38. The predicted octanol–water partition coefficient (Wildman–Crippen LogP) is 4.45. The number of carbonyl (C=O) groups excluding carboxylic acids is 1. The van der Waals surface area contributed by atoms with Crippen LogP contribution in [-0.2, 0) is 11.3 Å². The molecule has 1 amide bonds. The van der Waals surface area contributed by atoms with Crippen molar-refractivity contribution in [3.63, 3.8) is 0 Å². The van der Waals surface area contributed by atoms with E-state index in [-0.39, 0.29) is 34.2 Å². The molecular weight excluding hydrogens is 397 g/mol.